The van der Waals surface area contributed by atoms with E-state index in [2.05, 4.69) is 0 Å². The summed E-state index contributed by atoms with van der Waals surface area (Å²) in [5.41, 5.74) is 4.86. The van der Waals surface area contributed by atoms with Gasteiger partial charge in [0.15, 0.2) is 0 Å². The second-order valence-corrected chi connectivity index (χ2v) is 2.24. The van der Waals surface area contributed by atoms with E-state index in [9.17, 15) is 4.79 Å². The summed E-state index contributed by atoms with van der Waals surface area (Å²) in [4.78, 5) is 10.5. The maximum Gasteiger partial charge on any atom is 0.352 e. The van der Waals surface area contributed by atoms with Crippen LogP contribution in [-0.2, 0) is 4.79 Å². The molecule has 0 aliphatic carbocycles. The number of allylic oxidation sites excluding steroid dienone is 1. The van der Waals surface area contributed by atoms with Gasteiger partial charge in [0.2, 0.25) is 0 Å². The zero-order valence-electron chi connectivity index (χ0n) is 4.92. The molecule has 0 aromatic heterocycles. The molecule has 0 radical (unpaired) electrons. The van der Waals surface area contributed by atoms with Crippen molar-refractivity contribution in [2.24, 2.45) is 10.9 Å². The number of nitrogens with two attached hydrogens (primary N) is 2. The Kier molecular flexibility index (Phi) is 3.11. The molecule has 0 aromatic rings. The SMILES string of the molecule is C/C(SN)=C(/N)C(=O)O. The topological polar surface area (TPSA) is 89.3 Å². The summed E-state index contributed by atoms with van der Waals surface area (Å²) in [7, 11) is 0. The van der Waals surface area contributed by atoms with Crippen molar-refractivity contribution in [3.8, 4) is 0 Å². The Morgan fingerprint density at radius 1 is 1.67 bits per heavy atom. The minimum atomic E-state index is -1.13. The molecule has 52 valence electrons. The minimum Gasteiger partial charge on any atom is -0.477 e. The second-order valence-electron chi connectivity index (χ2n) is 1.39. The van der Waals surface area contributed by atoms with Gasteiger partial charge in [0.1, 0.15) is 5.70 Å². The Morgan fingerprint density at radius 2 is 2.11 bits per heavy atom. The fourth-order valence-corrected chi connectivity index (χ4v) is 0.428. The molecule has 0 aliphatic heterocycles. The second kappa shape index (κ2) is 3.37. The van der Waals surface area contributed by atoms with E-state index >= 15 is 0 Å². The van der Waals surface area contributed by atoms with Gasteiger partial charge in [-0.25, -0.2) is 4.79 Å². The molecule has 0 saturated carbocycles. The summed E-state index contributed by atoms with van der Waals surface area (Å²) in [6, 6.07) is 0. The smallest absolute Gasteiger partial charge is 0.352 e. The fraction of sp³-hybridized carbons (Fsp3) is 0.250. The van der Waals surface area contributed by atoms with Crippen molar-refractivity contribution in [2.75, 3.05) is 0 Å². The van der Waals surface area contributed by atoms with Gasteiger partial charge < -0.3 is 10.8 Å². The van der Waals surface area contributed by atoms with E-state index in [0.717, 1.165) is 11.9 Å². The summed E-state index contributed by atoms with van der Waals surface area (Å²) in [5, 5.41) is 13.3. The molecule has 9 heavy (non-hydrogen) atoms. The van der Waals surface area contributed by atoms with Crippen molar-refractivity contribution in [3.05, 3.63) is 10.6 Å². The van der Waals surface area contributed by atoms with Crippen molar-refractivity contribution in [2.45, 2.75) is 6.92 Å². The normalized spacial score (nSPS) is 12.7. The lowest BCUT2D eigenvalue weighted by Gasteiger charge is -1.96. The van der Waals surface area contributed by atoms with Crippen molar-refractivity contribution >= 4 is 17.9 Å². The first-order valence-corrected chi connectivity index (χ1v) is 3.04. The van der Waals surface area contributed by atoms with Crippen molar-refractivity contribution in [3.63, 3.8) is 0 Å². The minimum absolute atomic E-state index is 0.192. The molecule has 0 unspecified atom stereocenters. The molecule has 0 atom stereocenters. The Bertz CT molecular complexity index is 155. The fourth-order valence-electron chi connectivity index (χ4n) is 0.214. The molecule has 5 N–H and O–H groups in total. The zero-order chi connectivity index (χ0) is 7.44. The number of hydrogen-bond acceptors (Lipinski definition) is 4. The van der Waals surface area contributed by atoms with E-state index in [0.29, 0.717) is 4.91 Å². The summed E-state index contributed by atoms with van der Waals surface area (Å²) >= 11 is 0.835. The molecule has 0 spiro atoms. The summed E-state index contributed by atoms with van der Waals surface area (Å²) in [6.07, 6.45) is 0. The van der Waals surface area contributed by atoms with Crippen LogP contribution >= 0.6 is 11.9 Å². The van der Waals surface area contributed by atoms with Gasteiger partial charge in [-0.2, -0.15) is 0 Å². The molecule has 0 fully saturated rings. The van der Waals surface area contributed by atoms with Crippen molar-refractivity contribution < 1.29 is 9.90 Å². The van der Waals surface area contributed by atoms with E-state index in [4.69, 9.17) is 16.0 Å². The van der Waals surface area contributed by atoms with Crippen LogP contribution in [0.1, 0.15) is 6.92 Å². The first-order valence-electron chi connectivity index (χ1n) is 2.16. The summed E-state index contributed by atoms with van der Waals surface area (Å²) in [5.74, 6) is -1.13. The third-order valence-electron chi connectivity index (χ3n) is 0.786. The number of carboxylic acids is 1. The van der Waals surface area contributed by atoms with Crippen molar-refractivity contribution in [1.82, 2.24) is 0 Å². The van der Waals surface area contributed by atoms with Crippen LogP contribution in [0.4, 0.5) is 0 Å². The molecule has 4 nitrogen and oxygen atoms in total. The number of rotatable bonds is 2. The third kappa shape index (κ3) is 2.39. The molecule has 5 heteroatoms. The van der Waals surface area contributed by atoms with Crippen LogP contribution < -0.4 is 10.9 Å². The predicted molar refractivity (Wildman–Crippen MR) is 36.3 cm³/mol. The highest BCUT2D eigenvalue weighted by Crippen LogP contribution is 2.08. The van der Waals surface area contributed by atoms with Gasteiger partial charge >= 0.3 is 5.97 Å². The molecule has 0 aromatic carbocycles. The van der Waals surface area contributed by atoms with Gasteiger partial charge in [-0.1, -0.05) is 11.9 Å². The number of carbonyl (C=O) groups is 1. The molecule has 0 saturated heterocycles. The first kappa shape index (κ1) is 8.32. The van der Waals surface area contributed by atoms with Crippen LogP contribution in [0.15, 0.2) is 10.6 Å². The lowest BCUT2D eigenvalue weighted by atomic mass is 10.4. The van der Waals surface area contributed by atoms with E-state index in [1.807, 2.05) is 0 Å². The average molecular weight is 148 g/mol. The highest BCUT2D eigenvalue weighted by Gasteiger charge is 2.04. The van der Waals surface area contributed by atoms with Gasteiger partial charge in [0.25, 0.3) is 0 Å². The van der Waals surface area contributed by atoms with Gasteiger partial charge in [-0.3, -0.25) is 5.14 Å². The Balaban J connectivity index is 4.28. The van der Waals surface area contributed by atoms with Crippen LogP contribution in [0.5, 0.6) is 0 Å². The third-order valence-corrected chi connectivity index (χ3v) is 1.36. The maximum absolute atomic E-state index is 10.0. The van der Waals surface area contributed by atoms with Crippen LogP contribution in [0.2, 0.25) is 0 Å². The van der Waals surface area contributed by atoms with Crippen LogP contribution in [0.3, 0.4) is 0 Å². The monoisotopic (exact) mass is 148 g/mol. The first-order chi connectivity index (χ1) is 4.09. The molecule has 0 heterocycles. The molecule has 0 rings (SSSR count). The quantitative estimate of drug-likeness (QED) is 0.375. The van der Waals surface area contributed by atoms with E-state index in [1.165, 1.54) is 0 Å². The summed E-state index contributed by atoms with van der Waals surface area (Å²) in [6.45, 7) is 1.55. The van der Waals surface area contributed by atoms with Gasteiger partial charge in [0.05, 0.1) is 0 Å². The lowest BCUT2D eigenvalue weighted by Crippen LogP contribution is -2.11. The molecular formula is C4H8N2O2S. The summed E-state index contributed by atoms with van der Waals surface area (Å²) < 4.78 is 0. The zero-order valence-corrected chi connectivity index (χ0v) is 5.73. The Labute approximate surface area is 57.0 Å². The van der Waals surface area contributed by atoms with E-state index in [-0.39, 0.29) is 5.70 Å². The van der Waals surface area contributed by atoms with Crippen LogP contribution in [0, 0.1) is 0 Å². The molecule has 0 bridgehead atoms. The van der Waals surface area contributed by atoms with E-state index < -0.39 is 5.97 Å². The molecular weight excluding hydrogens is 140 g/mol. The number of hydrogen-bond donors (Lipinski definition) is 3. The Morgan fingerprint density at radius 3 is 2.22 bits per heavy atom. The lowest BCUT2D eigenvalue weighted by molar-refractivity contribution is -0.132. The Hall–Kier alpha value is -0.680. The van der Waals surface area contributed by atoms with Gasteiger partial charge in [-0.05, 0) is 6.92 Å². The predicted octanol–water partition coefficient (Wildman–Crippen LogP) is -0.132. The highest BCUT2D eigenvalue weighted by molar-refractivity contribution is 8.00. The number of aliphatic carboxylic acids is 1. The highest BCUT2D eigenvalue weighted by atomic mass is 32.2. The molecule has 0 aliphatic rings. The molecule has 0 amide bonds. The maximum atomic E-state index is 10.0. The van der Waals surface area contributed by atoms with E-state index in [1.54, 1.807) is 6.92 Å². The van der Waals surface area contributed by atoms with Crippen LogP contribution in [-0.4, -0.2) is 11.1 Å². The van der Waals surface area contributed by atoms with Gasteiger partial charge in [-0.15, -0.1) is 0 Å². The van der Waals surface area contributed by atoms with Crippen molar-refractivity contribution in [1.29, 1.82) is 0 Å². The average Bonchev–Trinajstić information content (AvgIpc) is 1.84. The number of carboxylic acid groups (broad SMARTS) is 1. The largest absolute Gasteiger partial charge is 0.477 e. The standard InChI is InChI=1S/C4H8N2O2S/c1-2(9-6)3(5)4(7)8/h5-6H2,1H3,(H,7,8)/b3-2-. The van der Waals surface area contributed by atoms with Gasteiger partial charge in [0, 0.05) is 4.91 Å². The van der Waals surface area contributed by atoms with Crippen LogP contribution in [0.25, 0.3) is 0 Å².